The normalized spacial score (nSPS) is 17.9. The number of rotatable bonds is 8. The highest BCUT2D eigenvalue weighted by atomic mass is 16.3. The van der Waals surface area contributed by atoms with Crippen molar-refractivity contribution in [3.05, 3.63) is 35.4 Å². The van der Waals surface area contributed by atoms with E-state index < -0.39 is 5.60 Å². The van der Waals surface area contributed by atoms with Crippen molar-refractivity contribution in [2.45, 2.75) is 51.7 Å². The van der Waals surface area contributed by atoms with Crippen LogP contribution in [0.15, 0.2) is 24.3 Å². The number of hydrogen-bond acceptors (Lipinski definition) is 4. The van der Waals surface area contributed by atoms with Crippen LogP contribution in [-0.4, -0.2) is 72.2 Å². The minimum atomic E-state index is -0.683. The first kappa shape index (κ1) is 20.9. The molecule has 2 N–H and O–H groups in total. The molecule has 0 aliphatic carbocycles. The summed E-state index contributed by atoms with van der Waals surface area (Å²) in [5, 5.41) is 12.9. The van der Waals surface area contributed by atoms with E-state index in [4.69, 9.17) is 0 Å². The Balaban J connectivity index is 1.77. The van der Waals surface area contributed by atoms with Crippen LogP contribution in [-0.2, 0) is 6.42 Å². The Bertz CT molecular complexity index is 575. The van der Waals surface area contributed by atoms with Gasteiger partial charge in [-0.25, -0.2) is 0 Å². The molecule has 0 saturated carbocycles. The minimum absolute atomic E-state index is 0.0133. The zero-order chi connectivity index (χ0) is 19.2. The van der Waals surface area contributed by atoms with E-state index in [1.165, 1.54) is 0 Å². The number of benzene rings is 1. The smallest absolute Gasteiger partial charge is 0.251 e. The summed E-state index contributed by atoms with van der Waals surface area (Å²) in [4.78, 5) is 17.3. The van der Waals surface area contributed by atoms with Gasteiger partial charge >= 0.3 is 0 Å². The van der Waals surface area contributed by atoms with E-state index in [1.54, 1.807) is 0 Å². The molecule has 1 amide bonds. The van der Waals surface area contributed by atoms with E-state index in [0.717, 1.165) is 44.6 Å². The molecule has 1 aliphatic rings. The van der Waals surface area contributed by atoms with Crippen LogP contribution in [0.25, 0.3) is 0 Å². The predicted octanol–water partition coefficient (Wildman–Crippen LogP) is 2.15. The topological polar surface area (TPSA) is 55.8 Å². The van der Waals surface area contributed by atoms with Crippen LogP contribution < -0.4 is 5.32 Å². The average Bonchev–Trinajstić information content (AvgIpc) is 2.60. The van der Waals surface area contributed by atoms with Crippen molar-refractivity contribution in [1.82, 2.24) is 15.1 Å². The number of likely N-dealkylation sites (N-methyl/N-ethyl adjacent to an activating group) is 1. The second-order valence-electron chi connectivity index (χ2n) is 8.25. The van der Waals surface area contributed by atoms with Gasteiger partial charge in [0.15, 0.2) is 0 Å². The largest absolute Gasteiger partial charge is 0.390 e. The fourth-order valence-corrected chi connectivity index (χ4v) is 3.26. The second kappa shape index (κ2) is 9.49. The molecule has 1 heterocycles. The van der Waals surface area contributed by atoms with Crippen molar-refractivity contribution in [1.29, 1.82) is 0 Å². The van der Waals surface area contributed by atoms with Crippen molar-refractivity contribution < 1.29 is 9.90 Å². The van der Waals surface area contributed by atoms with Crippen molar-refractivity contribution in [2.24, 2.45) is 0 Å². The van der Waals surface area contributed by atoms with E-state index in [9.17, 15) is 9.90 Å². The van der Waals surface area contributed by atoms with Gasteiger partial charge in [-0.15, -0.1) is 0 Å². The molecule has 2 rings (SSSR count). The molecule has 1 atom stereocenters. The summed E-state index contributed by atoms with van der Waals surface area (Å²) in [6.45, 7) is 11.0. The Hall–Kier alpha value is -1.43. The summed E-state index contributed by atoms with van der Waals surface area (Å²) in [5.74, 6) is -0.0133. The molecule has 0 spiro atoms. The zero-order valence-electron chi connectivity index (χ0n) is 16.8. The lowest BCUT2D eigenvalue weighted by molar-refractivity contribution is 0.0714. The fraction of sp³-hybridized carbons (Fsp3) is 0.667. The molecular formula is C21H35N3O2. The summed E-state index contributed by atoms with van der Waals surface area (Å²) >= 11 is 0. The lowest BCUT2D eigenvalue weighted by Gasteiger charge is -2.36. The second-order valence-corrected chi connectivity index (χ2v) is 8.25. The summed E-state index contributed by atoms with van der Waals surface area (Å²) in [6.07, 6.45) is 2.42. The number of aliphatic hydroxyl groups is 1. The number of aryl methyl sites for hydroxylation is 1. The van der Waals surface area contributed by atoms with Gasteiger partial charge in [0.25, 0.3) is 5.91 Å². The number of carbonyl (C=O) groups is 1. The molecule has 26 heavy (non-hydrogen) atoms. The molecule has 1 saturated heterocycles. The van der Waals surface area contributed by atoms with E-state index in [1.807, 2.05) is 38.1 Å². The summed E-state index contributed by atoms with van der Waals surface area (Å²) < 4.78 is 0. The Morgan fingerprint density at radius 3 is 2.62 bits per heavy atom. The van der Waals surface area contributed by atoms with E-state index in [-0.39, 0.29) is 5.91 Å². The van der Waals surface area contributed by atoms with Crippen LogP contribution in [0.1, 0.15) is 49.5 Å². The molecule has 1 fully saturated rings. The van der Waals surface area contributed by atoms with Crippen molar-refractivity contribution in [3.63, 3.8) is 0 Å². The van der Waals surface area contributed by atoms with E-state index in [0.29, 0.717) is 24.6 Å². The van der Waals surface area contributed by atoms with Crippen LogP contribution in [0, 0.1) is 0 Å². The quantitative estimate of drug-likeness (QED) is 0.745. The highest BCUT2D eigenvalue weighted by molar-refractivity contribution is 5.94. The van der Waals surface area contributed by atoms with Crippen molar-refractivity contribution in [3.8, 4) is 0 Å². The number of carbonyl (C=O) groups excluding carboxylic acids is 1. The van der Waals surface area contributed by atoms with Gasteiger partial charge in [-0.1, -0.05) is 12.1 Å². The van der Waals surface area contributed by atoms with E-state index >= 15 is 0 Å². The number of amides is 1. The SMILES string of the molecule is CC(CCNC(=O)c1cccc(CCC(C)(C)O)c1)N1CCN(C)CC1. The first-order valence-corrected chi connectivity index (χ1v) is 9.77. The summed E-state index contributed by atoms with van der Waals surface area (Å²) in [7, 11) is 2.16. The van der Waals surface area contributed by atoms with Gasteiger partial charge in [-0.2, -0.15) is 0 Å². The Labute approximate surface area is 158 Å². The first-order valence-electron chi connectivity index (χ1n) is 9.77. The maximum absolute atomic E-state index is 12.4. The van der Waals surface area contributed by atoms with E-state index in [2.05, 4.69) is 29.1 Å². The third-order valence-electron chi connectivity index (χ3n) is 5.22. The van der Waals surface area contributed by atoms with Gasteiger partial charge in [0.2, 0.25) is 0 Å². The molecule has 0 bridgehead atoms. The van der Waals surface area contributed by atoms with Crippen molar-refractivity contribution >= 4 is 5.91 Å². The van der Waals surface area contributed by atoms with Crippen LogP contribution in [0.3, 0.4) is 0 Å². The molecule has 1 aromatic rings. The van der Waals surface area contributed by atoms with Crippen LogP contribution >= 0.6 is 0 Å². The molecule has 5 heteroatoms. The van der Waals surface area contributed by atoms with Crippen LogP contribution in [0.2, 0.25) is 0 Å². The fourth-order valence-electron chi connectivity index (χ4n) is 3.26. The Morgan fingerprint density at radius 1 is 1.27 bits per heavy atom. The van der Waals surface area contributed by atoms with Crippen LogP contribution in [0.4, 0.5) is 0 Å². The highest BCUT2D eigenvalue weighted by Gasteiger charge is 2.19. The average molecular weight is 362 g/mol. The number of nitrogens with zero attached hydrogens (tertiary/aromatic N) is 2. The molecule has 1 unspecified atom stereocenters. The predicted molar refractivity (Wildman–Crippen MR) is 107 cm³/mol. The lowest BCUT2D eigenvalue weighted by atomic mass is 9.98. The van der Waals surface area contributed by atoms with Crippen LogP contribution in [0.5, 0.6) is 0 Å². The third-order valence-corrected chi connectivity index (χ3v) is 5.22. The standard InChI is InChI=1S/C21H35N3O2/c1-17(24-14-12-23(4)13-15-24)9-11-22-20(25)19-7-5-6-18(16-19)8-10-21(2,3)26/h5-7,16-17,26H,8-15H2,1-4H3,(H,22,25). The molecule has 146 valence electrons. The number of piperazine rings is 1. The summed E-state index contributed by atoms with van der Waals surface area (Å²) in [5.41, 5.74) is 1.11. The Morgan fingerprint density at radius 2 is 1.96 bits per heavy atom. The molecule has 0 radical (unpaired) electrons. The Kier molecular flexibility index (Phi) is 7.62. The highest BCUT2D eigenvalue weighted by Crippen LogP contribution is 2.14. The number of nitrogens with one attached hydrogen (secondary N) is 1. The van der Waals surface area contributed by atoms with Gasteiger partial charge in [0.1, 0.15) is 0 Å². The zero-order valence-corrected chi connectivity index (χ0v) is 16.8. The maximum Gasteiger partial charge on any atom is 0.251 e. The molecule has 1 aliphatic heterocycles. The molecule has 5 nitrogen and oxygen atoms in total. The van der Waals surface area contributed by atoms with Gasteiger partial charge in [0.05, 0.1) is 5.60 Å². The lowest BCUT2D eigenvalue weighted by Crippen LogP contribution is -2.48. The number of hydrogen-bond donors (Lipinski definition) is 2. The monoisotopic (exact) mass is 361 g/mol. The van der Waals surface area contributed by atoms with Crippen molar-refractivity contribution in [2.75, 3.05) is 39.8 Å². The minimum Gasteiger partial charge on any atom is -0.390 e. The van der Waals surface area contributed by atoms with Gasteiger partial charge in [0, 0.05) is 44.3 Å². The third kappa shape index (κ3) is 7.06. The van der Waals surface area contributed by atoms with Gasteiger partial charge in [-0.05, 0) is 64.8 Å². The molecule has 0 aromatic heterocycles. The van der Waals surface area contributed by atoms with Gasteiger partial charge < -0.3 is 15.3 Å². The van der Waals surface area contributed by atoms with Gasteiger partial charge in [-0.3, -0.25) is 9.69 Å². The maximum atomic E-state index is 12.4. The first-order chi connectivity index (χ1) is 12.2. The summed E-state index contributed by atoms with van der Waals surface area (Å²) in [6, 6.07) is 8.21. The molecular weight excluding hydrogens is 326 g/mol. The molecule has 1 aromatic carbocycles.